The Kier molecular flexibility index (Phi) is 11.7. The predicted octanol–water partition coefficient (Wildman–Crippen LogP) is 7.07. The molecular weight excluding hydrogens is 516 g/mol. The summed E-state index contributed by atoms with van der Waals surface area (Å²) in [6.07, 6.45) is 18.1. The lowest BCUT2D eigenvalue weighted by Gasteiger charge is -2.32. The average Bonchev–Trinajstić information content (AvgIpc) is 3.02. The van der Waals surface area contributed by atoms with Crippen molar-refractivity contribution in [3.05, 3.63) is 42.1 Å². The molecule has 7 heteroatoms. The second kappa shape index (κ2) is 15.4. The molecule has 1 atom stereocenters. The minimum atomic E-state index is -0.969. The van der Waals surface area contributed by atoms with E-state index in [9.17, 15) is 14.7 Å². The molecule has 41 heavy (non-hydrogen) atoms. The number of allylic oxidation sites excluding steroid dienone is 3. The molecule has 2 fully saturated rings. The first-order chi connectivity index (χ1) is 19.9. The number of hydrogen-bond donors (Lipinski definition) is 2. The maximum atomic E-state index is 13.1. The summed E-state index contributed by atoms with van der Waals surface area (Å²) in [6.45, 7) is 5.06. The van der Waals surface area contributed by atoms with Gasteiger partial charge in [-0.2, -0.15) is 0 Å². The SMILES string of the molecule is CCC(CC)C1CCC(C(=O)Oc2ccc(OC(O)C3CCC(C=O)CC3)c(NCN(C)C3=CCCC=C3)c2)CC1. The van der Waals surface area contributed by atoms with Gasteiger partial charge in [0.1, 0.15) is 17.8 Å². The molecule has 4 rings (SSSR count). The van der Waals surface area contributed by atoms with Crippen LogP contribution in [0.5, 0.6) is 11.5 Å². The van der Waals surface area contributed by atoms with Crippen LogP contribution in [-0.2, 0) is 9.59 Å². The predicted molar refractivity (Wildman–Crippen MR) is 162 cm³/mol. The van der Waals surface area contributed by atoms with Crippen LogP contribution in [0.15, 0.2) is 42.1 Å². The lowest BCUT2D eigenvalue weighted by molar-refractivity contribution is -0.140. The third-order valence-electron chi connectivity index (χ3n) is 9.57. The van der Waals surface area contributed by atoms with Gasteiger partial charge in [-0.15, -0.1) is 0 Å². The lowest BCUT2D eigenvalue weighted by atomic mass is 9.74. The Morgan fingerprint density at radius 1 is 1.05 bits per heavy atom. The molecule has 2 saturated carbocycles. The molecule has 1 aromatic rings. The van der Waals surface area contributed by atoms with Gasteiger partial charge in [0.2, 0.25) is 0 Å². The number of hydrogen-bond acceptors (Lipinski definition) is 7. The standard InChI is InChI=1S/C34H50N2O5/c1-4-25(5-2)26-15-17-28(18-16-26)33(38)40-30-19-20-32(41-34(39)27-13-11-24(22-37)12-14-27)31(21-30)35-23-36(3)29-9-7-6-8-10-29/h7,9-10,19-22,24-28,34-35,39H,4-6,8,11-18,23H2,1-3H3. The number of esters is 1. The van der Waals surface area contributed by atoms with E-state index in [2.05, 4.69) is 42.3 Å². The molecule has 0 heterocycles. The van der Waals surface area contributed by atoms with E-state index in [0.717, 1.165) is 82.1 Å². The molecule has 3 aliphatic rings. The molecule has 3 aliphatic carbocycles. The topological polar surface area (TPSA) is 88.1 Å². The van der Waals surface area contributed by atoms with Gasteiger partial charge in [0.25, 0.3) is 0 Å². The van der Waals surface area contributed by atoms with Crippen molar-refractivity contribution in [1.29, 1.82) is 0 Å². The van der Waals surface area contributed by atoms with Crippen molar-refractivity contribution in [2.75, 3.05) is 19.0 Å². The van der Waals surface area contributed by atoms with Crippen LogP contribution < -0.4 is 14.8 Å². The highest BCUT2D eigenvalue weighted by atomic mass is 16.6. The highest BCUT2D eigenvalue weighted by Crippen LogP contribution is 2.38. The first kappa shape index (κ1) is 31.1. The Hall–Kier alpha value is -2.80. The number of nitrogens with one attached hydrogen (secondary N) is 1. The summed E-state index contributed by atoms with van der Waals surface area (Å²) in [7, 11) is 2.03. The largest absolute Gasteiger partial charge is 0.463 e. The maximum absolute atomic E-state index is 13.1. The number of anilines is 1. The number of aliphatic hydroxyl groups excluding tert-OH is 1. The first-order valence-electron chi connectivity index (χ1n) is 15.9. The van der Waals surface area contributed by atoms with E-state index < -0.39 is 6.29 Å². The summed E-state index contributed by atoms with van der Waals surface area (Å²) < 4.78 is 12.0. The van der Waals surface area contributed by atoms with Crippen LogP contribution in [0.3, 0.4) is 0 Å². The molecule has 0 amide bonds. The number of nitrogens with zero attached hydrogens (tertiary/aromatic N) is 1. The molecule has 0 saturated heterocycles. The quantitative estimate of drug-likeness (QED) is 0.114. The van der Waals surface area contributed by atoms with E-state index in [1.807, 2.05) is 7.05 Å². The number of likely N-dealkylation sites (N-methyl/N-ethyl adjacent to an activating group) is 1. The van der Waals surface area contributed by atoms with E-state index in [0.29, 0.717) is 29.8 Å². The molecule has 0 aliphatic heterocycles. The smallest absolute Gasteiger partial charge is 0.314 e. The van der Waals surface area contributed by atoms with Gasteiger partial charge in [0, 0.05) is 30.6 Å². The van der Waals surface area contributed by atoms with Gasteiger partial charge in [0.15, 0.2) is 6.29 Å². The summed E-state index contributed by atoms with van der Waals surface area (Å²) in [5.41, 5.74) is 1.81. The summed E-state index contributed by atoms with van der Waals surface area (Å²) >= 11 is 0. The molecule has 226 valence electrons. The molecule has 0 bridgehead atoms. The van der Waals surface area contributed by atoms with Crippen LogP contribution in [0.2, 0.25) is 0 Å². The second-order valence-electron chi connectivity index (χ2n) is 12.2. The van der Waals surface area contributed by atoms with Gasteiger partial charge < -0.3 is 29.6 Å². The molecular formula is C34H50N2O5. The van der Waals surface area contributed by atoms with Crippen molar-refractivity contribution in [2.45, 2.75) is 97.2 Å². The first-order valence-corrected chi connectivity index (χ1v) is 15.9. The maximum Gasteiger partial charge on any atom is 0.314 e. The van der Waals surface area contributed by atoms with Crippen LogP contribution in [0, 0.1) is 29.6 Å². The fourth-order valence-corrected chi connectivity index (χ4v) is 6.76. The van der Waals surface area contributed by atoms with Gasteiger partial charge in [0.05, 0.1) is 18.3 Å². The number of ether oxygens (including phenoxy) is 2. The number of carbonyl (C=O) groups excluding carboxylic acids is 2. The third kappa shape index (κ3) is 8.60. The van der Waals surface area contributed by atoms with Crippen molar-refractivity contribution < 1.29 is 24.2 Å². The van der Waals surface area contributed by atoms with E-state index in [1.54, 1.807) is 18.2 Å². The van der Waals surface area contributed by atoms with E-state index in [1.165, 1.54) is 12.8 Å². The fourth-order valence-electron chi connectivity index (χ4n) is 6.76. The zero-order valence-electron chi connectivity index (χ0n) is 25.2. The van der Waals surface area contributed by atoms with Crippen molar-refractivity contribution in [1.82, 2.24) is 4.90 Å². The number of carbonyl (C=O) groups is 2. The Labute approximate surface area is 246 Å². The normalized spacial score (nSPS) is 25.2. The summed E-state index contributed by atoms with van der Waals surface area (Å²) in [5, 5.41) is 14.4. The fraction of sp³-hybridized carbons (Fsp3) is 0.647. The Balaban J connectivity index is 1.42. The minimum absolute atomic E-state index is 0.0214. The van der Waals surface area contributed by atoms with Gasteiger partial charge in [-0.3, -0.25) is 4.79 Å². The molecule has 7 nitrogen and oxygen atoms in total. The third-order valence-corrected chi connectivity index (χ3v) is 9.57. The van der Waals surface area contributed by atoms with Crippen LogP contribution in [-0.4, -0.2) is 42.3 Å². The Bertz CT molecular complexity index is 1050. The summed E-state index contributed by atoms with van der Waals surface area (Å²) in [4.78, 5) is 26.4. The summed E-state index contributed by atoms with van der Waals surface area (Å²) in [5.74, 6) is 2.30. The highest BCUT2D eigenvalue weighted by Gasteiger charge is 2.31. The van der Waals surface area contributed by atoms with Crippen molar-refractivity contribution >= 4 is 17.9 Å². The van der Waals surface area contributed by atoms with Crippen molar-refractivity contribution in [2.24, 2.45) is 29.6 Å². The molecule has 0 radical (unpaired) electrons. The van der Waals surface area contributed by atoms with Crippen LogP contribution in [0.1, 0.15) is 90.9 Å². The molecule has 1 unspecified atom stereocenters. The number of rotatable bonds is 13. The van der Waals surface area contributed by atoms with Gasteiger partial charge in [-0.1, -0.05) is 38.8 Å². The van der Waals surface area contributed by atoms with Crippen LogP contribution in [0.4, 0.5) is 5.69 Å². The zero-order chi connectivity index (χ0) is 29.2. The number of aliphatic hydroxyl groups is 1. The monoisotopic (exact) mass is 566 g/mol. The lowest BCUT2D eigenvalue weighted by Crippen LogP contribution is -2.31. The van der Waals surface area contributed by atoms with E-state index in [-0.39, 0.29) is 23.7 Å². The molecule has 1 aromatic carbocycles. The Morgan fingerprint density at radius 3 is 2.39 bits per heavy atom. The zero-order valence-corrected chi connectivity index (χ0v) is 25.2. The van der Waals surface area contributed by atoms with Gasteiger partial charge in [-0.25, -0.2) is 0 Å². The van der Waals surface area contributed by atoms with Gasteiger partial charge >= 0.3 is 5.97 Å². The summed E-state index contributed by atoms with van der Waals surface area (Å²) in [6, 6.07) is 5.33. The molecule has 0 spiro atoms. The van der Waals surface area contributed by atoms with Gasteiger partial charge in [-0.05, 0) is 94.3 Å². The number of benzene rings is 1. The van der Waals surface area contributed by atoms with Crippen molar-refractivity contribution in [3.63, 3.8) is 0 Å². The number of aldehydes is 1. The molecule has 0 aromatic heterocycles. The van der Waals surface area contributed by atoms with Crippen LogP contribution in [0.25, 0.3) is 0 Å². The van der Waals surface area contributed by atoms with Crippen LogP contribution >= 0.6 is 0 Å². The minimum Gasteiger partial charge on any atom is -0.463 e. The van der Waals surface area contributed by atoms with E-state index in [4.69, 9.17) is 9.47 Å². The van der Waals surface area contributed by atoms with E-state index >= 15 is 0 Å². The highest BCUT2D eigenvalue weighted by molar-refractivity contribution is 5.76. The second-order valence-corrected chi connectivity index (χ2v) is 12.2. The van der Waals surface area contributed by atoms with Crippen molar-refractivity contribution in [3.8, 4) is 11.5 Å². The molecule has 2 N–H and O–H groups in total. The Morgan fingerprint density at radius 2 is 1.76 bits per heavy atom. The average molecular weight is 567 g/mol.